The Morgan fingerprint density at radius 3 is 2.59 bits per heavy atom. The highest BCUT2D eigenvalue weighted by Gasteiger charge is 2.30. The quantitative estimate of drug-likeness (QED) is 0.541. The number of nitrogens with zero attached hydrogens (tertiary/aromatic N) is 5. The van der Waals surface area contributed by atoms with Gasteiger partial charge >= 0.3 is 0 Å². The van der Waals surface area contributed by atoms with Crippen LogP contribution in [-0.4, -0.2) is 43.5 Å². The van der Waals surface area contributed by atoms with Crippen molar-refractivity contribution in [3.05, 3.63) is 84.1 Å². The van der Waals surface area contributed by atoms with Gasteiger partial charge in [-0.1, -0.05) is 17.7 Å². The van der Waals surface area contributed by atoms with Crippen molar-refractivity contribution in [2.45, 2.75) is 19.3 Å². The summed E-state index contributed by atoms with van der Waals surface area (Å²) in [6.45, 7) is 3.41. The fourth-order valence-corrected chi connectivity index (χ4v) is 3.82. The predicted octanol–water partition coefficient (Wildman–Crippen LogP) is 3.73. The number of fused-ring (bicyclic) bond motifs is 1. The van der Waals surface area contributed by atoms with Gasteiger partial charge < -0.3 is 4.90 Å². The highest BCUT2D eigenvalue weighted by molar-refractivity contribution is 5.94. The first-order valence-corrected chi connectivity index (χ1v) is 9.80. The summed E-state index contributed by atoms with van der Waals surface area (Å²) < 4.78 is 1.83. The lowest BCUT2D eigenvalue weighted by molar-refractivity contribution is 0.0790. The monoisotopic (exact) mass is 383 g/mol. The highest BCUT2D eigenvalue weighted by Crippen LogP contribution is 2.27. The minimum atomic E-state index is 0.0798. The molecule has 0 radical (unpaired) electrons. The molecule has 1 amide bonds. The lowest BCUT2D eigenvalue weighted by Gasteiger charge is -2.16. The average Bonchev–Trinajstić information content (AvgIpc) is 3.41. The zero-order chi connectivity index (χ0) is 19.8. The van der Waals surface area contributed by atoms with Gasteiger partial charge in [0, 0.05) is 48.7 Å². The molecule has 1 aliphatic rings. The van der Waals surface area contributed by atoms with Crippen LogP contribution in [0.5, 0.6) is 0 Å². The van der Waals surface area contributed by atoms with Gasteiger partial charge in [-0.15, -0.1) is 0 Å². The van der Waals surface area contributed by atoms with Gasteiger partial charge in [0.1, 0.15) is 0 Å². The number of pyridine rings is 2. The number of rotatable bonds is 3. The van der Waals surface area contributed by atoms with E-state index in [1.54, 1.807) is 12.4 Å². The Bertz CT molecular complexity index is 1170. The summed E-state index contributed by atoms with van der Waals surface area (Å²) in [6, 6.07) is 15.7. The minimum absolute atomic E-state index is 0.0798. The third-order valence-corrected chi connectivity index (χ3v) is 5.50. The summed E-state index contributed by atoms with van der Waals surface area (Å²) in [5, 5.41) is 4.71. The number of amides is 1. The smallest absolute Gasteiger partial charge is 0.253 e. The van der Waals surface area contributed by atoms with E-state index in [0.717, 1.165) is 46.7 Å². The molecule has 1 fully saturated rings. The summed E-state index contributed by atoms with van der Waals surface area (Å²) >= 11 is 0. The molecule has 6 nitrogen and oxygen atoms in total. The second-order valence-electron chi connectivity index (χ2n) is 7.53. The number of hydrogen-bond acceptors (Lipinski definition) is 4. The van der Waals surface area contributed by atoms with E-state index >= 15 is 0 Å². The van der Waals surface area contributed by atoms with Crippen molar-refractivity contribution in [2.24, 2.45) is 0 Å². The third kappa shape index (κ3) is 3.38. The van der Waals surface area contributed by atoms with Gasteiger partial charge in [-0.05, 0) is 55.3 Å². The van der Waals surface area contributed by atoms with Crippen LogP contribution >= 0.6 is 0 Å². The Kier molecular flexibility index (Phi) is 4.31. The summed E-state index contributed by atoms with van der Waals surface area (Å²) in [7, 11) is 0. The molecule has 6 heteroatoms. The molecule has 4 aromatic rings. The van der Waals surface area contributed by atoms with Crippen molar-refractivity contribution in [3.63, 3.8) is 0 Å². The van der Waals surface area contributed by atoms with Gasteiger partial charge in [0.15, 0.2) is 11.5 Å². The van der Waals surface area contributed by atoms with Crippen molar-refractivity contribution < 1.29 is 4.79 Å². The largest absolute Gasteiger partial charge is 0.338 e. The Balaban J connectivity index is 1.36. The van der Waals surface area contributed by atoms with E-state index in [4.69, 9.17) is 10.1 Å². The summed E-state index contributed by atoms with van der Waals surface area (Å²) in [6.07, 6.45) is 6.44. The highest BCUT2D eigenvalue weighted by atomic mass is 16.2. The zero-order valence-corrected chi connectivity index (χ0v) is 16.2. The van der Waals surface area contributed by atoms with E-state index in [-0.39, 0.29) is 11.8 Å². The number of aromatic nitrogens is 4. The Morgan fingerprint density at radius 2 is 1.79 bits per heavy atom. The third-order valence-electron chi connectivity index (χ3n) is 5.50. The molecule has 0 spiro atoms. The number of carbonyl (C=O) groups excluding carboxylic acids is 1. The van der Waals surface area contributed by atoms with Crippen LogP contribution in [0.3, 0.4) is 0 Å². The molecule has 1 unspecified atom stereocenters. The van der Waals surface area contributed by atoms with Crippen LogP contribution < -0.4 is 0 Å². The molecule has 0 N–H and O–H groups in total. The zero-order valence-electron chi connectivity index (χ0n) is 16.2. The maximum Gasteiger partial charge on any atom is 0.253 e. The molecule has 4 heterocycles. The number of likely N-dealkylation sites (tertiary alicyclic amines) is 1. The number of benzene rings is 1. The molecule has 1 atom stereocenters. The number of hydrogen-bond donors (Lipinski definition) is 0. The van der Waals surface area contributed by atoms with Crippen LogP contribution in [0.25, 0.3) is 16.8 Å². The second-order valence-corrected chi connectivity index (χ2v) is 7.53. The summed E-state index contributed by atoms with van der Waals surface area (Å²) in [5.74, 6) is 1.04. The normalized spacial score (nSPS) is 16.4. The lowest BCUT2D eigenvalue weighted by Crippen LogP contribution is -2.28. The van der Waals surface area contributed by atoms with Crippen LogP contribution in [0.1, 0.15) is 34.1 Å². The first kappa shape index (κ1) is 17.6. The van der Waals surface area contributed by atoms with Crippen LogP contribution in [0.4, 0.5) is 0 Å². The molecule has 1 aliphatic heterocycles. The summed E-state index contributed by atoms with van der Waals surface area (Å²) in [4.78, 5) is 23.5. The molecule has 3 aromatic heterocycles. The van der Waals surface area contributed by atoms with E-state index in [0.29, 0.717) is 6.54 Å². The number of aryl methyl sites for hydroxylation is 1. The van der Waals surface area contributed by atoms with E-state index < -0.39 is 0 Å². The molecule has 0 bridgehead atoms. The van der Waals surface area contributed by atoms with Crippen LogP contribution in [0.2, 0.25) is 0 Å². The van der Waals surface area contributed by atoms with E-state index in [2.05, 4.69) is 4.98 Å². The predicted molar refractivity (Wildman–Crippen MR) is 111 cm³/mol. The molecular weight excluding hydrogens is 362 g/mol. The molecule has 5 rings (SSSR count). The maximum absolute atomic E-state index is 12.8. The standard InChI is InChI=1S/C23H21N5O/c1-16-2-4-18(5-3-16)23(29)27-13-10-20(14-27)22-25-21-7-6-19(15-28(21)26-22)17-8-11-24-12-9-17/h2-9,11-12,15,20H,10,13-14H2,1H3. The SMILES string of the molecule is Cc1ccc(C(=O)N2CCC(c3nc4ccc(-c5ccncc5)cn4n3)C2)cc1. The molecule has 1 aromatic carbocycles. The van der Waals surface area contributed by atoms with Crippen molar-refractivity contribution in [2.75, 3.05) is 13.1 Å². The van der Waals surface area contributed by atoms with Gasteiger partial charge in [0.25, 0.3) is 5.91 Å². The van der Waals surface area contributed by atoms with Gasteiger partial charge in [-0.25, -0.2) is 9.50 Å². The molecule has 0 saturated carbocycles. The van der Waals surface area contributed by atoms with Crippen molar-refractivity contribution >= 4 is 11.6 Å². The minimum Gasteiger partial charge on any atom is -0.338 e. The molecule has 29 heavy (non-hydrogen) atoms. The maximum atomic E-state index is 12.8. The molecular formula is C23H21N5O. The van der Waals surface area contributed by atoms with Gasteiger partial charge in [-0.2, -0.15) is 5.10 Å². The molecule has 1 saturated heterocycles. The van der Waals surface area contributed by atoms with E-state index in [9.17, 15) is 4.79 Å². The van der Waals surface area contributed by atoms with Gasteiger partial charge in [0.05, 0.1) is 0 Å². The van der Waals surface area contributed by atoms with E-state index in [1.807, 2.05) is 71.1 Å². The van der Waals surface area contributed by atoms with E-state index in [1.165, 1.54) is 0 Å². The number of carbonyl (C=O) groups is 1. The lowest BCUT2D eigenvalue weighted by atomic mass is 10.1. The van der Waals surface area contributed by atoms with Gasteiger partial charge in [-0.3, -0.25) is 9.78 Å². The van der Waals surface area contributed by atoms with Crippen molar-refractivity contribution in [3.8, 4) is 11.1 Å². The Hall–Kier alpha value is -3.54. The fraction of sp³-hybridized carbons (Fsp3) is 0.217. The van der Waals surface area contributed by atoms with Gasteiger partial charge in [0.2, 0.25) is 0 Å². The average molecular weight is 383 g/mol. The Labute approximate surface area is 168 Å². The Morgan fingerprint density at radius 1 is 1.00 bits per heavy atom. The van der Waals surface area contributed by atoms with Crippen LogP contribution in [-0.2, 0) is 0 Å². The first-order valence-electron chi connectivity index (χ1n) is 9.80. The van der Waals surface area contributed by atoms with Crippen molar-refractivity contribution in [1.82, 2.24) is 24.5 Å². The second kappa shape index (κ2) is 7.13. The van der Waals surface area contributed by atoms with Crippen molar-refractivity contribution in [1.29, 1.82) is 0 Å². The summed E-state index contributed by atoms with van der Waals surface area (Å²) in [5.41, 5.74) is 4.87. The van der Waals surface area contributed by atoms with Crippen LogP contribution in [0.15, 0.2) is 67.1 Å². The first-order chi connectivity index (χ1) is 14.2. The molecule has 0 aliphatic carbocycles. The van der Waals surface area contributed by atoms with Crippen LogP contribution in [0, 0.1) is 6.92 Å². The topological polar surface area (TPSA) is 63.4 Å². The fourth-order valence-electron chi connectivity index (χ4n) is 3.82. The molecule has 144 valence electrons.